The molecule has 2 atom stereocenters. The van der Waals surface area contributed by atoms with Gasteiger partial charge in [0.05, 0.1) is 12.0 Å². The highest BCUT2D eigenvalue weighted by Gasteiger charge is 2.30. The summed E-state index contributed by atoms with van der Waals surface area (Å²) < 4.78 is 15.0. The first-order valence-electron chi connectivity index (χ1n) is 5.54. The predicted molar refractivity (Wildman–Crippen MR) is 66.9 cm³/mol. The summed E-state index contributed by atoms with van der Waals surface area (Å²) in [7, 11) is 3.11. The summed E-state index contributed by atoms with van der Waals surface area (Å²) in [5, 5.41) is 17.0. The number of hydrogen-bond donors (Lipinski definition) is 3. The lowest BCUT2D eigenvalue weighted by Crippen LogP contribution is -2.37. The number of ether oxygens (including phenoxy) is 2. The topological polar surface area (TPSA) is 100 Å². The van der Waals surface area contributed by atoms with E-state index in [-0.39, 0.29) is 13.3 Å². The number of nitrogens with zero attached hydrogens (tertiary/aromatic N) is 1. The van der Waals surface area contributed by atoms with Crippen LogP contribution in [0.15, 0.2) is 12.5 Å². The number of aliphatic hydroxyl groups excluding tert-OH is 1. The fourth-order valence-corrected chi connectivity index (χ4v) is 1.72. The summed E-state index contributed by atoms with van der Waals surface area (Å²) in [5.74, 6) is -0.278. The molecule has 0 aromatic carbocycles. The number of nitrogens with one attached hydrogen (secondary N) is 2. The molecule has 7 nitrogen and oxygen atoms in total. The molecule has 0 saturated heterocycles. The summed E-state index contributed by atoms with van der Waals surface area (Å²) in [6.07, 6.45) is 3.07. The minimum Gasteiger partial charge on any atom is -0.557 e. The molecule has 0 bridgehead atoms. The maximum atomic E-state index is 10.2. The predicted octanol–water partition coefficient (Wildman–Crippen LogP) is -0.304. The maximum Gasteiger partial charge on any atom is 0.347 e. The number of rotatable bonds is 9. The van der Waals surface area contributed by atoms with Crippen LogP contribution >= 0.6 is 0 Å². The van der Waals surface area contributed by atoms with E-state index in [0.29, 0.717) is 6.42 Å². The number of hydrogen-bond acceptors (Lipinski definition) is 6. The molecule has 18 heavy (non-hydrogen) atoms. The average Bonchev–Trinajstić information content (AvgIpc) is 2.88. The van der Waals surface area contributed by atoms with Crippen molar-refractivity contribution in [1.82, 2.24) is 9.97 Å². The van der Waals surface area contributed by atoms with Crippen molar-refractivity contribution in [3.8, 4) is 0 Å². The second kappa shape index (κ2) is 7.86. The van der Waals surface area contributed by atoms with Crippen LogP contribution in [0.2, 0.25) is 5.82 Å². The highest BCUT2D eigenvalue weighted by atomic mass is 16.7. The smallest absolute Gasteiger partial charge is 0.347 e. The van der Waals surface area contributed by atoms with Gasteiger partial charge in [-0.1, -0.05) is 0 Å². The normalized spacial score (nSPS) is 14.2. The monoisotopic (exact) mass is 255 g/mol. The molecule has 100 valence electrons. The molecular weight excluding hydrogens is 237 g/mol. The van der Waals surface area contributed by atoms with Crippen molar-refractivity contribution in [2.45, 2.75) is 24.6 Å². The van der Waals surface area contributed by atoms with Crippen LogP contribution in [-0.4, -0.2) is 55.6 Å². The van der Waals surface area contributed by atoms with Gasteiger partial charge in [0.15, 0.2) is 6.29 Å². The third kappa shape index (κ3) is 4.13. The van der Waals surface area contributed by atoms with Crippen molar-refractivity contribution in [1.29, 1.82) is 5.41 Å². The zero-order valence-electron chi connectivity index (χ0n) is 10.5. The Morgan fingerprint density at radius 2 is 2.28 bits per heavy atom. The van der Waals surface area contributed by atoms with Crippen LogP contribution in [0.1, 0.15) is 5.69 Å². The first-order chi connectivity index (χ1) is 8.72. The molecule has 0 fully saturated rings. The molecular formula is C10H18BN3O4. The fourth-order valence-electron chi connectivity index (χ4n) is 1.72. The molecule has 2 unspecified atom stereocenters. The van der Waals surface area contributed by atoms with E-state index in [9.17, 15) is 5.11 Å². The first kappa shape index (κ1) is 14.7. The van der Waals surface area contributed by atoms with Gasteiger partial charge >= 0.3 is 7.48 Å². The number of imidazole rings is 1. The molecule has 3 N–H and O–H groups in total. The third-order valence-electron chi connectivity index (χ3n) is 2.65. The van der Waals surface area contributed by atoms with E-state index in [1.807, 2.05) is 0 Å². The van der Waals surface area contributed by atoms with Gasteiger partial charge in [-0.3, -0.25) is 5.41 Å². The van der Waals surface area contributed by atoms with Crippen LogP contribution in [0.4, 0.5) is 0 Å². The van der Waals surface area contributed by atoms with Gasteiger partial charge in [-0.15, -0.1) is 0 Å². The molecule has 0 aliphatic carbocycles. The molecule has 0 aliphatic rings. The Balaban J connectivity index is 2.66. The maximum absolute atomic E-state index is 10.2. The molecule has 0 aliphatic heterocycles. The van der Waals surface area contributed by atoms with E-state index < -0.39 is 12.4 Å². The minimum atomic E-state index is -0.864. The Bertz CT molecular complexity index is 332. The van der Waals surface area contributed by atoms with Gasteiger partial charge < -0.3 is 24.2 Å². The Labute approximate surface area is 106 Å². The SMILES string of the molecule is COC(OC)C(O)C(BOC=N)Cc1c[nH]cn1. The van der Waals surface area contributed by atoms with Crippen LogP contribution in [0, 0.1) is 5.41 Å². The highest BCUT2D eigenvalue weighted by molar-refractivity contribution is 6.32. The number of H-pyrrole nitrogens is 1. The quantitative estimate of drug-likeness (QED) is 0.243. The van der Waals surface area contributed by atoms with Crippen LogP contribution in [-0.2, 0) is 20.5 Å². The average molecular weight is 255 g/mol. The zero-order chi connectivity index (χ0) is 13.4. The van der Waals surface area contributed by atoms with Crippen molar-refractivity contribution in [3.05, 3.63) is 18.2 Å². The summed E-state index contributed by atoms with van der Waals surface area (Å²) in [4.78, 5) is 6.94. The lowest BCUT2D eigenvalue weighted by Gasteiger charge is -2.26. The summed E-state index contributed by atoms with van der Waals surface area (Å²) in [6, 6.07) is 0. The summed E-state index contributed by atoms with van der Waals surface area (Å²) in [5.41, 5.74) is 0.804. The molecule has 1 aromatic rings. The number of aliphatic hydroxyl groups is 1. The van der Waals surface area contributed by atoms with Crippen molar-refractivity contribution in [2.75, 3.05) is 14.2 Å². The van der Waals surface area contributed by atoms with Crippen LogP contribution in [0.25, 0.3) is 0 Å². The van der Waals surface area contributed by atoms with Gasteiger partial charge in [0.25, 0.3) is 0 Å². The van der Waals surface area contributed by atoms with Gasteiger partial charge in [-0.25, -0.2) is 4.98 Å². The Morgan fingerprint density at radius 3 is 2.78 bits per heavy atom. The van der Waals surface area contributed by atoms with E-state index in [4.69, 9.17) is 19.5 Å². The van der Waals surface area contributed by atoms with E-state index in [1.54, 1.807) is 12.5 Å². The van der Waals surface area contributed by atoms with E-state index in [2.05, 4.69) is 9.97 Å². The zero-order valence-corrected chi connectivity index (χ0v) is 10.5. The Kier molecular flexibility index (Phi) is 6.41. The standard InChI is InChI=1S/C10H18BN3O4/c1-16-10(17-2)9(15)8(11-18-5-12)3-7-4-13-6-14-7/h4-6,8-12,15H,3H2,1-2H3,(H,13,14). The summed E-state index contributed by atoms with van der Waals surface area (Å²) >= 11 is 0. The van der Waals surface area contributed by atoms with Crippen molar-refractivity contribution >= 4 is 13.9 Å². The molecule has 1 aromatic heterocycles. The lowest BCUT2D eigenvalue weighted by atomic mass is 9.72. The lowest BCUT2D eigenvalue weighted by molar-refractivity contribution is -0.165. The van der Waals surface area contributed by atoms with Gasteiger partial charge in [-0.05, 0) is 6.42 Å². The molecule has 0 saturated carbocycles. The van der Waals surface area contributed by atoms with E-state index in [0.717, 1.165) is 12.1 Å². The molecule has 1 rings (SSSR count). The molecule has 0 spiro atoms. The Morgan fingerprint density at radius 1 is 1.56 bits per heavy atom. The van der Waals surface area contributed by atoms with Crippen molar-refractivity contribution in [3.63, 3.8) is 0 Å². The van der Waals surface area contributed by atoms with Gasteiger partial charge in [-0.2, -0.15) is 0 Å². The number of methoxy groups -OCH3 is 2. The van der Waals surface area contributed by atoms with E-state index in [1.165, 1.54) is 14.2 Å². The summed E-state index contributed by atoms with van der Waals surface area (Å²) in [6.45, 7) is 0. The molecule has 8 heteroatoms. The fraction of sp³-hybridized carbons (Fsp3) is 0.600. The second-order valence-electron chi connectivity index (χ2n) is 3.81. The Hall–Kier alpha value is -1.38. The van der Waals surface area contributed by atoms with E-state index >= 15 is 0 Å². The van der Waals surface area contributed by atoms with Crippen LogP contribution < -0.4 is 0 Å². The minimum absolute atomic E-state index is 0.195. The van der Waals surface area contributed by atoms with Crippen LogP contribution in [0.3, 0.4) is 0 Å². The van der Waals surface area contributed by atoms with Gasteiger partial charge in [0.1, 0.15) is 12.5 Å². The largest absolute Gasteiger partial charge is 0.557 e. The first-order valence-corrected chi connectivity index (χ1v) is 5.54. The third-order valence-corrected chi connectivity index (χ3v) is 2.65. The second-order valence-corrected chi connectivity index (χ2v) is 3.81. The molecule has 0 amide bonds. The van der Waals surface area contributed by atoms with Crippen LogP contribution in [0.5, 0.6) is 0 Å². The number of aromatic nitrogens is 2. The number of aromatic amines is 1. The highest BCUT2D eigenvalue weighted by Crippen LogP contribution is 2.20. The molecule has 0 radical (unpaired) electrons. The molecule has 1 heterocycles. The van der Waals surface area contributed by atoms with Gasteiger partial charge in [0, 0.05) is 26.2 Å². The van der Waals surface area contributed by atoms with Crippen molar-refractivity contribution in [2.24, 2.45) is 0 Å². The van der Waals surface area contributed by atoms with Crippen molar-refractivity contribution < 1.29 is 19.2 Å². The van der Waals surface area contributed by atoms with Gasteiger partial charge in [0.2, 0.25) is 0 Å².